The Morgan fingerprint density at radius 1 is 0.950 bits per heavy atom. The van der Waals surface area contributed by atoms with Gasteiger partial charge in [0.15, 0.2) is 0 Å². The van der Waals surface area contributed by atoms with Crippen LogP contribution in [-0.2, 0) is 9.09 Å². The summed E-state index contributed by atoms with van der Waals surface area (Å²) >= 11 is 0. The number of quaternary nitrogens is 1. The first-order chi connectivity index (χ1) is 9.30. The Bertz CT molecular complexity index is 241. The lowest BCUT2D eigenvalue weighted by molar-refractivity contribution is -0.929. The van der Waals surface area contributed by atoms with Crippen LogP contribution in [0.2, 0.25) is 0 Å². The summed E-state index contributed by atoms with van der Waals surface area (Å²) in [6.45, 7) is 6.61. The van der Waals surface area contributed by atoms with Gasteiger partial charge in [0.1, 0.15) is 32.8 Å². The minimum absolute atomic E-state index is 0.0459. The zero-order valence-electron chi connectivity index (χ0n) is 12.9. The Balaban J connectivity index is 0. The average molecular weight is 316 g/mol. The molecule has 0 saturated heterocycles. The molecule has 0 saturated carbocycles. The third-order valence-electron chi connectivity index (χ3n) is 2.62. The molecule has 0 aromatic heterocycles. The van der Waals surface area contributed by atoms with Crippen LogP contribution in [-0.4, -0.2) is 84.0 Å². The molecule has 0 radical (unpaired) electrons. The molecule has 1 atom stereocenters. The fourth-order valence-electron chi connectivity index (χ4n) is 1.71. The molecule has 124 valence electrons. The van der Waals surface area contributed by atoms with E-state index in [1.807, 2.05) is 0 Å². The molecular weight excluding hydrogens is 285 g/mol. The quantitative estimate of drug-likeness (QED) is 0.334. The van der Waals surface area contributed by atoms with E-state index in [2.05, 4.69) is 13.8 Å². The van der Waals surface area contributed by atoms with Crippen LogP contribution in [0, 0.1) is 0 Å². The van der Waals surface area contributed by atoms with Crippen LogP contribution in [0.5, 0.6) is 0 Å². The van der Waals surface area contributed by atoms with Crippen LogP contribution in [0.4, 0.5) is 0 Å². The summed E-state index contributed by atoms with van der Waals surface area (Å²) in [5, 5.41) is 27.0. The monoisotopic (exact) mass is 316 g/mol. The first-order valence-corrected chi connectivity index (χ1v) is 8.95. The van der Waals surface area contributed by atoms with Crippen LogP contribution in [0.25, 0.3) is 0 Å². The molecule has 7 nitrogen and oxygen atoms in total. The topological polar surface area (TPSA) is 107 Å². The Kier molecular flexibility index (Phi) is 14.2. The molecule has 0 aromatic rings. The van der Waals surface area contributed by atoms with E-state index in [1.54, 1.807) is 0 Å². The van der Waals surface area contributed by atoms with Crippen LogP contribution >= 0.6 is 7.60 Å². The molecule has 0 amide bonds. The third kappa shape index (κ3) is 13.0. The second-order valence-corrected chi connectivity index (χ2v) is 6.61. The van der Waals surface area contributed by atoms with Crippen molar-refractivity contribution in [1.29, 1.82) is 0 Å². The van der Waals surface area contributed by atoms with Crippen molar-refractivity contribution in [2.75, 3.05) is 59.3 Å². The average Bonchev–Trinajstić information content (AvgIpc) is 2.29. The number of rotatable bonds is 10. The second kappa shape index (κ2) is 12.7. The number of nitrogens with zero attached hydrogens (tertiary/aromatic N) is 1. The van der Waals surface area contributed by atoms with Gasteiger partial charge in [0.25, 0.3) is 0 Å². The van der Waals surface area contributed by atoms with Gasteiger partial charge in [-0.2, -0.15) is 0 Å². The maximum atomic E-state index is 11.0. The highest BCUT2D eigenvalue weighted by atomic mass is 31.2. The zero-order valence-corrected chi connectivity index (χ0v) is 13.8. The third-order valence-corrected chi connectivity index (χ3v) is 3.28. The van der Waals surface area contributed by atoms with Crippen LogP contribution < -0.4 is 0 Å². The number of hydrogen-bond donors (Lipinski definition) is 4. The lowest BCUT2D eigenvalue weighted by Gasteiger charge is -2.37. The van der Waals surface area contributed by atoms with E-state index in [9.17, 15) is 4.57 Å². The molecule has 0 aromatic carbocycles. The summed E-state index contributed by atoms with van der Waals surface area (Å²) < 4.78 is 16.0. The second-order valence-electron chi connectivity index (χ2n) is 4.75. The molecule has 0 aliphatic rings. The molecule has 20 heavy (non-hydrogen) atoms. The lowest BCUT2D eigenvalue weighted by atomic mass is 10.3. The summed E-state index contributed by atoms with van der Waals surface area (Å²) in [6, 6.07) is 0. The normalized spacial score (nSPS) is 14.3. The van der Waals surface area contributed by atoms with Gasteiger partial charge in [-0.25, -0.2) is 0 Å². The predicted octanol–water partition coefficient (Wildman–Crippen LogP) is 0.0282. The summed E-state index contributed by atoms with van der Waals surface area (Å²) in [5.74, 6) is 0. The van der Waals surface area contributed by atoms with Crippen molar-refractivity contribution in [2.24, 2.45) is 0 Å². The van der Waals surface area contributed by atoms with Gasteiger partial charge in [-0.15, -0.1) is 0 Å². The minimum Gasteiger partial charge on any atom is -0.391 e. The van der Waals surface area contributed by atoms with Gasteiger partial charge in [0.05, 0.1) is 19.8 Å². The van der Waals surface area contributed by atoms with Gasteiger partial charge in [-0.3, -0.25) is 4.57 Å². The number of aliphatic hydroxyl groups excluding tert-OH is 3. The van der Waals surface area contributed by atoms with Crippen molar-refractivity contribution >= 4 is 7.60 Å². The molecular formula is C12H31NO6P+. The fraction of sp³-hybridized carbons (Fsp3) is 1.00. The van der Waals surface area contributed by atoms with E-state index in [0.29, 0.717) is 26.2 Å². The highest BCUT2D eigenvalue weighted by molar-refractivity contribution is 7.51. The molecule has 0 spiro atoms. The lowest BCUT2D eigenvalue weighted by Crippen LogP contribution is -2.54. The van der Waals surface area contributed by atoms with Gasteiger partial charge in [-0.05, 0) is 0 Å². The van der Waals surface area contributed by atoms with E-state index in [1.165, 1.54) is 6.42 Å². The Hall–Kier alpha value is -0.0100. The zero-order chi connectivity index (χ0) is 16.1. The molecule has 0 bridgehead atoms. The molecule has 0 heterocycles. The van der Waals surface area contributed by atoms with E-state index < -0.39 is 7.60 Å². The summed E-state index contributed by atoms with van der Waals surface area (Å²) in [5.41, 5.74) is 0. The van der Waals surface area contributed by atoms with Crippen LogP contribution in [0.3, 0.4) is 0 Å². The molecule has 0 rings (SSSR count). The molecule has 1 unspecified atom stereocenters. The minimum atomic E-state index is -3.51. The Labute approximate surface area is 121 Å². The van der Waals surface area contributed by atoms with E-state index >= 15 is 0 Å². The maximum Gasteiger partial charge on any atom is 0.325 e. The van der Waals surface area contributed by atoms with Crippen LogP contribution in [0.15, 0.2) is 0 Å². The van der Waals surface area contributed by atoms with Gasteiger partial charge in [-0.1, -0.05) is 20.3 Å². The van der Waals surface area contributed by atoms with Gasteiger partial charge >= 0.3 is 7.60 Å². The van der Waals surface area contributed by atoms with Crippen molar-refractivity contribution in [3.05, 3.63) is 0 Å². The van der Waals surface area contributed by atoms with Crippen molar-refractivity contribution in [1.82, 2.24) is 0 Å². The van der Waals surface area contributed by atoms with E-state index in [0.717, 1.165) is 6.66 Å². The summed E-state index contributed by atoms with van der Waals surface area (Å²) in [7, 11) is -3.51. The molecule has 0 aliphatic heterocycles. The van der Waals surface area contributed by atoms with Gasteiger partial charge in [0, 0.05) is 6.66 Å². The Morgan fingerprint density at radius 3 is 1.55 bits per heavy atom. The van der Waals surface area contributed by atoms with E-state index in [4.69, 9.17) is 24.7 Å². The van der Waals surface area contributed by atoms with E-state index in [-0.39, 0.29) is 30.9 Å². The summed E-state index contributed by atoms with van der Waals surface area (Å²) in [4.78, 5) is 8.98. The van der Waals surface area contributed by atoms with Gasteiger partial charge in [0.2, 0.25) is 0 Å². The summed E-state index contributed by atoms with van der Waals surface area (Å²) in [6.07, 6.45) is 1.25. The Morgan fingerprint density at radius 2 is 1.30 bits per heavy atom. The largest absolute Gasteiger partial charge is 0.391 e. The first kappa shape index (κ1) is 22.3. The van der Waals surface area contributed by atoms with Crippen molar-refractivity contribution in [3.8, 4) is 0 Å². The van der Waals surface area contributed by atoms with Crippen LogP contribution in [0.1, 0.15) is 20.3 Å². The smallest absolute Gasteiger partial charge is 0.325 e. The van der Waals surface area contributed by atoms with Crippen molar-refractivity contribution in [2.45, 2.75) is 20.3 Å². The predicted molar refractivity (Wildman–Crippen MR) is 78.7 cm³/mol. The fourth-order valence-corrected chi connectivity index (χ4v) is 2.13. The SMILES string of the molecule is CCC.CP(=O)(O)OCC[N+](CCO)(CCO)CCO. The highest BCUT2D eigenvalue weighted by Crippen LogP contribution is 2.36. The number of hydrogen-bond acceptors (Lipinski definition) is 5. The standard InChI is InChI=1S/C9H22NO6P.C3H8/c1-17(14,15)16-9-5-10(2-6-11,3-7-12)4-8-13;1-3-2/h11-13H,2-9H2,1H3;3H2,1-2H3/p+1. The number of aliphatic hydroxyl groups is 3. The van der Waals surface area contributed by atoms with Crippen molar-refractivity contribution < 1.29 is 33.8 Å². The van der Waals surface area contributed by atoms with Gasteiger partial charge < -0.3 is 29.2 Å². The van der Waals surface area contributed by atoms with Crippen molar-refractivity contribution in [3.63, 3.8) is 0 Å². The maximum absolute atomic E-state index is 11.0. The first-order valence-electron chi connectivity index (χ1n) is 6.93. The molecule has 0 aliphatic carbocycles. The molecule has 4 N–H and O–H groups in total. The molecule has 0 fully saturated rings. The highest BCUT2D eigenvalue weighted by Gasteiger charge is 2.26. The molecule has 8 heteroatoms.